The number of amides is 1. The fraction of sp³-hybridized carbons (Fsp3) is 0.263. The first-order valence-electron chi connectivity index (χ1n) is 7.70. The van der Waals surface area contributed by atoms with Gasteiger partial charge in [-0.1, -0.05) is 41.9 Å². The SMILES string of the molecule is N#CC1CC(c2ccccc2)CCN1C(=O)c1ccc(Cl)cc1. The molecule has 2 atom stereocenters. The van der Waals surface area contributed by atoms with E-state index in [9.17, 15) is 10.1 Å². The van der Waals surface area contributed by atoms with Crippen LogP contribution in [-0.2, 0) is 0 Å². The van der Waals surface area contributed by atoms with Gasteiger partial charge in [0.25, 0.3) is 5.91 Å². The van der Waals surface area contributed by atoms with Crippen LogP contribution in [0.15, 0.2) is 54.6 Å². The third kappa shape index (κ3) is 3.38. The van der Waals surface area contributed by atoms with Crippen LogP contribution in [0, 0.1) is 11.3 Å². The van der Waals surface area contributed by atoms with Gasteiger partial charge >= 0.3 is 0 Å². The molecular weight excluding hydrogens is 308 g/mol. The number of piperidine rings is 1. The van der Waals surface area contributed by atoms with Crippen LogP contribution < -0.4 is 0 Å². The van der Waals surface area contributed by atoms with Crippen molar-refractivity contribution in [1.29, 1.82) is 5.26 Å². The highest BCUT2D eigenvalue weighted by Gasteiger charge is 2.32. The van der Waals surface area contributed by atoms with Gasteiger partial charge in [0, 0.05) is 17.1 Å². The normalized spacial score (nSPS) is 20.8. The topological polar surface area (TPSA) is 44.1 Å². The zero-order valence-corrected chi connectivity index (χ0v) is 13.4. The maximum atomic E-state index is 12.7. The van der Waals surface area contributed by atoms with Crippen molar-refractivity contribution < 1.29 is 4.79 Å². The zero-order chi connectivity index (χ0) is 16.2. The Balaban J connectivity index is 1.76. The molecule has 1 heterocycles. The Morgan fingerprint density at radius 1 is 1.13 bits per heavy atom. The first-order chi connectivity index (χ1) is 11.2. The smallest absolute Gasteiger partial charge is 0.254 e. The Bertz CT molecular complexity index is 721. The van der Waals surface area contributed by atoms with E-state index in [1.165, 1.54) is 5.56 Å². The molecule has 2 aromatic carbocycles. The first-order valence-corrected chi connectivity index (χ1v) is 8.08. The average molecular weight is 325 g/mol. The number of rotatable bonds is 2. The standard InChI is InChI=1S/C19H17ClN2O/c20-17-8-6-15(7-9-17)19(23)22-11-10-16(12-18(22)13-21)14-4-2-1-3-5-14/h1-9,16,18H,10-12H2. The summed E-state index contributed by atoms with van der Waals surface area (Å²) < 4.78 is 0. The Kier molecular flexibility index (Phi) is 4.64. The van der Waals surface area contributed by atoms with Crippen LogP contribution in [0.5, 0.6) is 0 Å². The lowest BCUT2D eigenvalue weighted by Gasteiger charge is -2.36. The molecule has 0 aliphatic carbocycles. The molecule has 23 heavy (non-hydrogen) atoms. The maximum absolute atomic E-state index is 12.7. The number of benzene rings is 2. The van der Waals surface area contributed by atoms with E-state index in [2.05, 4.69) is 18.2 Å². The summed E-state index contributed by atoms with van der Waals surface area (Å²) in [6, 6.07) is 18.9. The molecule has 116 valence electrons. The molecule has 1 saturated heterocycles. The number of carbonyl (C=O) groups is 1. The van der Waals surface area contributed by atoms with Crippen molar-refractivity contribution in [3.8, 4) is 6.07 Å². The number of nitriles is 1. The molecule has 1 fully saturated rings. The average Bonchev–Trinajstić information content (AvgIpc) is 2.62. The number of likely N-dealkylation sites (tertiary alicyclic amines) is 1. The lowest BCUT2D eigenvalue weighted by Crippen LogP contribution is -2.45. The van der Waals surface area contributed by atoms with Crippen LogP contribution in [0.1, 0.15) is 34.7 Å². The quantitative estimate of drug-likeness (QED) is 0.828. The van der Waals surface area contributed by atoms with Gasteiger partial charge in [0.2, 0.25) is 0 Å². The van der Waals surface area contributed by atoms with Gasteiger partial charge in [-0.2, -0.15) is 5.26 Å². The second-order valence-electron chi connectivity index (χ2n) is 5.78. The van der Waals surface area contributed by atoms with E-state index in [4.69, 9.17) is 11.6 Å². The minimum Gasteiger partial charge on any atom is -0.323 e. The lowest BCUT2D eigenvalue weighted by atomic mass is 9.85. The molecule has 0 N–H and O–H groups in total. The van der Waals surface area contributed by atoms with E-state index < -0.39 is 6.04 Å². The van der Waals surface area contributed by atoms with Gasteiger partial charge in [0.05, 0.1) is 6.07 Å². The summed E-state index contributed by atoms with van der Waals surface area (Å²) in [5, 5.41) is 10.1. The molecule has 0 aromatic heterocycles. The summed E-state index contributed by atoms with van der Waals surface area (Å²) in [5.74, 6) is 0.231. The second kappa shape index (κ2) is 6.85. The first kappa shape index (κ1) is 15.6. The summed E-state index contributed by atoms with van der Waals surface area (Å²) >= 11 is 5.87. The van der Waals surface area contributed by atoms with Gasteiger partial charge in [-0.05, 0) is 48.6 Å². The van der Waals surface area contributed by atoms with Crippen molar-refractivity contribution in [2.75, 3.05) is 6.54 Å². The van der Waals surface area contributed by atoms with E-state index >= 15 is 0 Å². The van der Waals surface area contributed by atoms with Gasteiger partial charge in [-0.25, -0.2) is 0 Å². The molecule has 1 aliphatic heterocycles. The molecule has 3 nitrogen and oxygen atoms in total. The predicted octanol–water partition coefficient (Wildman–Crippen LogP) is 4.25. The largest absolute Gasteiger partial charge is 0.323 e. The van der Waals surface area contributed by atoms with Crippen LogP contribution in [0.3, 0.4) is 0 Å². The maximum Gasteiger partial charge on any atom is 0.254 e. The molecule has 3 rings (SSSR count). The Morgan fingerprint density at radius 3 is 2.48 bits per heavy atom. The molecule has 4 heteroatoms. The van der Waals surface area contributed by atoms with Crippen LogP contribution in [-0.4, -0.2) is 23.4 Å². The van der Waals surface area contributed by atoms with E-state index in [1.54, 1.807) is 29.2 Å². The van der Waals surface area contributed by atoms with Gasteiger partial charge < -0.3 is 4.90 Å². The number of halogens is 1. The number of nitrogens with zero attached hydrogens (tertiary/aromatic N) is 2. The van der Waals surface area contributed by atoms with Gasteiger partial charge in [-0.15, -0.1) is 0 Å². The van der Waals surface area contributed by atoms with Gasteiger partial charge in [-0.3, -0.25) is 4.79 Å². The van der Waals surface area contributed by atoms with E-state index in [-0.39, 0.29) is 5.91 Å². The molecule has 0 saturated carbocycles. The molecule has 2 unspecified atom stereocenters. The summed E-state index contributed by atoms with van der Waals surface area (Å²) in [6.07, 6.45) is 1.56. The molecule has 0 radical (unpaired) electrons. The van der Waals surface area contributed by atoms with Crippen molar-refractivity contribution in [3.63, 3.8) is 0 Å². The molecule has 1 aliphatic rings. The fourth-order valence-electron chi connectivity index (χ4n) is 3.12. The van der Waals surface area contributed by atoms with Crippen molar-refractivity contribution in [2.24, 2.45) is 0 Å². The van der Waals surface area contributed by atoms with E-state index in [0.29, 0.717) is 29.5 Å². The van der Waals surface area contributed by atoms with Crippen molar-refractivity contribution >= 4 is 17.5 Å². The molecule has 0 bridgehead atoms. The number of hydrogen-bond donors (Lipinski definition) is 0. The van der Waals surface area contributed by atoms with Crippen molar-refractivity contribution in [3.05, 3.63) is 70.7 Å². The zero-order valence-electron chi connectivity index (χ0n) is 12.7. The second-order valence-corrected chi connectivity index (χ2v) is 6.22. The fourth-order valence-corrected chi connectivity index (χ4v) is 3.24. The highest BCUT2D eigenvalue weighted by molar-refractivity contribution is 6.30. The van der Waals surface area contributed by atoms with Crippen LogP contribution in [0.4, 0.5) is 0 Å². The third-order valence-corrected chi connectivity index (χ3v) is 4.63. The molecule has 2 aromatic rings. The number of carbonyl (C=O) groups excluding carboxylic acids is 1. The lowest BCUT2D eigenvalue weighted by molar-refractivity contribution is 0.0654. The van der Waals surface area contributed by atoms with Crippen LogP contribution >= 0.6 is 11.6 Å². The van der Waals surface area contributed by atoms with Crippen LogP contribution in [0.25, 0.3) is 0 Å². The van der Waals surface area contributed by atoms with E-state index in [1.807, 2.05) is 18.2 Å². The minimum atomic E-state index is -0.392. The van der Waals surface area contributed by atoms with Crippen molar-refractivity contribution in [1.82, 2.24) is 4.90 Å². The monoisotopic (exact) mass is 324 g/mol. The third-order valence-electron chi connectivity index (χ3n) is 4.37. The summed E-state index contributed by atoms with van der Waals surface area (Å²) in [4.78, 5) is 14.3. The summed E-state index contributed by atoms with van der Waals surface area (Å²) in [6.45, 7) is 0.596. The summed E-state index contributed by atoms with van der Waals surface area (Å²) in [7, 11) is 0. The molecule has 0 spiro atoms. The Morgan fingerprint density at radius 2 is 1.83 bits per heavy atom. The highest BCUT2D eigenvalue weighted by atomic mass is 35.5. The van der Waals surface area contributed by atoms with Crippen LogP contribution in [0.2, 0.25) is 5.02 Å². The molecule has 1 amide bonds. The number of hydrogen-bond acceptors (Lipinski definition) is 2. The Hall–Kier alpha value is -2.31. The predicted molar refractivity (Wildman–Crippen MR) is 90.3 cm³/mol. The van der Waals surface area contributed by atoms with Crippen molar-refractivity contribution in [2.45, 2.75) is 24.8 Å². The Labute approximate surface area is 141 Å². The van der Waals surface area contributed by atoms with Gasteiger partial charge in [0.1, 0.15) is 6.04 Å². The van der Waals surface area contributed by atoms with E-state index in [0.717, 1.165) is 6.42 Å². The summed E-state index contributed by atoms with van der Waals surface area (Å²) in [5.41, 5.74) is 1.82. The highest BCUT2D eigenvalue weighted by Crippen LogP contribution is 2.32. The molecular formula is C19H17ClN2O. The van der Waals surface area contributed by atoms with Gasteiger partial charge in [0.15, 0.2) is 0 Å². The minimum absolute atomic E-state index is 0.0975.